The number of benzene rings is 1. The van der Waals surface area contributed by atoms with Crippen molar-refractivity contribution in [3.63, 3.8) is 0 Å². The Morgan fingerprint density at radius 2 is 1.76 bits per heavy atom. The average Bonchev–Trinajstić information content (AvgIpc) is 2.38. The van der Waals surface area contributed by atoms with Crippen LogP contribution < -0.4 is 10.6 Å². The fraction of sp³-hybridized carbons (Fsp3) is 0.500. The van der Waals surface area contributed by atoms with E-state index >= 15 is 0 Å². The van der Waals surface area contributed by atoms with E-state index in [1.165, 1.54) is 0 Å². The third-order valence-corrected chi connectivity index (χ3v) is 3.59. The maximum Gasteiger partial charge on any atom is 0.225 e. The molecule has 2 N–H and O–H groups in total. The van der Waals surface area contributed by atoms with Gasteiger partial charge in [0.15, 0.2) is 0 Å². The van der Waals surface area contributed by atoms with E-state index in [4.69, 9.17) is 0 Å². The van der Waals surface area contributed by atoms with Gasteiger partial charge in [0.2, 0.25) is 11.8 Å². The molecule has 0 aliphatic rings. The molecule has 116 valence electrons. The van der Waals surface area contributed by atoms with E-state index in [0.29, 0.717) is 6.54 Å². The Morgan fingerprint density at radius 3 is 2.29 bits per heavy atom. The van der Waals surface area contributed by atoms with Crippen LogP contribution in [-0.4, -0.2) is 18.4 Å². The lowest BCUT2D eigenvalue weighted by atomic mass is 9.96. The lowest BCUT2D eigenvalue weighted by molar-refractivity contribution is -0.128. The molecule has 21 heavy (non-hydrogen) atoms. The summed E-state index contributed by atoms with van der Waals surface area (Å²) in [6, 6.07) is 7.78. The van der Waals surface area contributed by atoms with Crippen LogP contribution in [0.1, 0.15) is 45.7 Å². The van der Waals surface area contributed by atoms with E-state index in [-0.39, 0.29) is 24.3 Å². The van der Waals surface area contributed by atoms with Crippen LogP contribution in [0.5, 0.6) is 0 Å². The first-order chi connectivity index (χ1) is 9.70. The van der Waals surface area contributed by atoms with Crippen LogP contribution in [-0.2, 0) is 9.59 Å². The van der Waals surface area contributed by atoms with Gasteiger partial charge in [-0.25, -0.2) is 0 Å². The van der Waals surface area contributed by atoms with Gasteiger partial charge < -0.3 is 10.6 Å². The van der Waals surface area contributed by atoms with Crippen LogP contribution in [0, 0.1) is 5.41 Å². The molecule has 0 saturated heterocycles. The van der Waals surface area contributed by atoms with Crippen molar-refractivity contribution < 1.29 is 9.59 Å². The fourth-order valence-corrected chi connectivity index (χ4v) is 1.97. The molecule has 0 aliphatic heterocycles. The summed E-state index contributed by atoms with van der Waals surface area (Å²) in [7, 11) is 0. The molecule has 0 spiro atoms. The van der Waals surface area contributed by atoms with E-state index in [9.17, 15) is 9.59 Å². The van der Waals surface area contributed by atoms with Crippen molar-refractivity contribution in [2.24, 2.45) is 5.41 Å². The maximum absolute atomic E-state index is 11.9. The van der Waals surface area contributed by atoms with Gasteiger partial charge >= 0.3 is 0 Å². The average molecular weight is 355 g/mol. The van der Waals surface area contributed by atoms with Gasteiger partial charge in [0.05, 0.1) is 6.04 Å². The zero-order chi connectivity index (χ0) is 16.0. The van der Waals surface area contributed by atoms with Crippen LogP contribution >= 0.6 is 15.9 Å². The number of amides is 2. The molecule has 1 atom stereocenters. The summed E-state index contributed by atoms with van der Waals surface area (Å²) in [5.41, 5.74) is 0.617. The van der Waals surface area contributed by atoms with Gasteiger partial charge in [-0.15, -0.1) is 0 Å². The summed E-state index contributed by atoms with van der Waals surface area (Å²) < 4.78 is 1.01. The molecule has 0 aromatic heterocycles. The maximum atomic E-state index is 11.9. The van der Waals surface area contributed by atoms with Crippen molar-refractivity contribution >= 4 is 27.7 Å². The third kappa shape index (κ3) is 6.29. The second-order valence-corrected chi connectivity index (χ2v) is 7.01. The van der Waals surface area contributed by atoms with E-state index in [1.807, 2.05) is 52.0 Å². The monoisotopic (exact) mass is 354 g/mol. The van der Waals surface area contributed by atoms with Gasteiger partial charge in [-0.2, -0.15) is 0 Å². The van der Waals surface area contributed by atoms with E-state index in [1.54, 1.807) is 0 Å². The highest BCUT2D eigenvalue weighted by Crippen LogP contribution is 2.16. The molecular weight excluding hydrogens is 332 g/mol. The molecule has 0 aliphatic carbocycles. The Kier molecular flexibility index (Phi) is 6.40. The molecule has 1 aromatic rings. The topological polar surface area (TPSA) is 58.2 Å². The fourth-order valence-electron chi connectivity index (χ4n) is 1.70. The molecule has 4 nitrogen and oxygen atoms in total. The Morgan fingerprint density at radius 1 is 1.19 bits per heavy atom. The number of hydrogen-bond donors (Lipinski definition) is 2. The number of nitrogens with one attached hydrogen (secondary N) is 2. The molecule has 1 aromatic carbocycles. The zero-order valence-corrected chi connectivity index (χ0v) is 14.6. The van der Waals surface area contributed by atoms with Crippen LogP contribution in [0.2, 0.25) is 0 Å². The number of halogens is 1. The molecule has 0 fully saturated rings. The van der Waals surface area contributed by atoms with Crippen molar-refractivity contribution in [2.45, 2.75) is 40.2 Å². The summed E-state index contributed by atoms with van der Waals surface area (Å²) in [5, 5.41) is 5.69. The highest BCUT2D eigenvalue weighted by atomic mass is 79.9. The van der Waals surface area contributed by atoms with Crippen molar-refractivity contribution in [3.05, 3.63) is 34.3 Å². The van der Waals surface area contributed by atoms with Crippen molar-refractivity contribution in [1.82, 2.24) is 10.6 Å². The highest BCUT2D eigenvalue weighted by molar-refractivity contribution is 9.10. The molecule has 1 rings (SSSR count). The van der Waals surface area contributed by atoms with Gasteiger partial charge in [-0.05, 0) is 24.6 Å². The Balaban J connectivity index is 2.37. The minimum atomic E-state index is -0.429. The second kappa shape index (κ2) is 7.59. The summed E-state index contributed by atoms with van der Waals surface area (Å²) in [6.45, 7) is 7.83. The molecule has 1 unspecified atom stereocenters. The summed E-state index contributed by atoms with van der Waals surface area (Å²) in [4.78, 5) is 23.5. The van der Waals surface area contributed by atoms with E-state index in [2.05, 4.69) is 26.6 Å². The number of hydrogen-bond acceptors (Lipinski definition) is 2. The standard InChI is InChI=1S/C16H23BrN2O2/c1-11(12-5-7-13(17)8-6-12)19-14(20)9-10-18-15(21)16(2,3)4/h5-8,11H,9-10H2,1-4H3,(H,18,21)(H,19,20). The summed E-state index contributed by atoms with van der Waals surface area (Å²) >= 11 is 3.38. The van der Waals surface area contributed by atoms with Gasteiger partial charge in [0, 0.05) is 22.9 Å². The Bertz CT molecular complexity index is 492. The lowest BCUT2D eigenvalue weighted by Crippen LogP contribution is -2.37. The molecular formula is C16H23BrN2O2. The highest BCUT2D eigenvalue weighted by Gasteiger charge is 2.20. The minimum absolute atomic E-state index is 0.0451. The van der Waals surface area contributed by atoms with Crippen LogP contribution in [0.15, 0.2) is 28.7 Å². The number of carbonyl (C=O) groups excluding carboxylic acids is 2. The predicted octanol–water partition coefficient (Wildman–Crippen LogP) is 3.18. The molecule has 2 amide bonds. The van der Waals surface area contributed by atoms with Crippen molar-refractivity contribution in [3.8, 4) is 0 Å². The summed E-state index contributed by atoms with van der Waals surface area (Å²) in [6.07, 6.45) is 0.280. The van der Waals surface area contributed by atoms with Crippen molar-refractivity contribution in [2.75, 3.05) is 6.54 Å². The number of carbonyl (C=O) groups is 2. The third-order valence-electron chi connectivity index (χ3n) is 3.07. The minimum Gasteiger partial charge on any atom is -0.355 e. The molecule has 0 saturated carbocycles. The van der Waals surface area contributed by atoms with Crippen LogP contribution in [0.4, 0.5) is 0 Å². The predicted molar refractivity (Wildman–Crippen MR) is 87.8 cm³/mol. The molecule has 0 heterocycles. The first-order valence-electron chi connectivity index (χ1n) is 7.03. The first-order valence-corrected chi connectivity index (χ1v) is 7.82. The molecule has 0 bridgehead atoms. The second-order valence-electron chi connectivity index (χ2n) is 6.10. The normalized spacial score (nSPS) is 12.6. The Labute approximate surface area is 134 Å². The first kappa shape index (κ1) is 17.7. The van der Waals surface area contributed by atoms with Crippen LogP contribution in [0.3, 0.4) is 0 Å². The van der Waals surface area contributed by atoms with Crippen molar-refractivity contribution in [1.29, 1.82) is 0 Å². The molecule has 0 radical (unpaired) electrons. The van der Waals surface area contributed by atoms with Crippen LogP contribution in [0.25, 0.3) is 0 Å². The smallest absolute Gasteiger partial charge is 0.225 e. The van der Waals surface area contributed by atoms with Gasteiger partial charge in [0.1, 0.15) is 0 Å². The SMILES string of the molecule is CC(NC(=O)CCNC(=O)C(C)(C)C)c1ccc(Br)cc1. The van der Waals surface area contributed by atoms with Gasteiger partial charge in [-0.1, -0.05) is 48.8 Å². The van der Waals surface area contributed by atoms with Gasteiger partial charge in [-0.3, -0.25) is 9.59 Å². The zero-order valence-electron chi connectivity index (χ0n) is 13.0. The Hall–Kier alpha value is -1.36. The summed E-state index contributed by atoms with van der Waals surface area (Å²) in [5.74, 6) is -0.115. The van der Waals surface area contributed by atoms with Gasteiger partial charge in [0.25, 0.3) is 0 Å². The quantitative estimate of drug-likeness (QED) is 0.852. The van der Waals surface area contributed by atoms with E-state index < -0.39 is 5.41 Å². The largest absolute Gasteiger partial charge is 0.355 e. The van der Waals surface area contributed by atoms with E-state index in [0.717, 1.165) is 10.0 Å². The molecule has 5 heteroatoms. The lowest BCUT2D eigenvalue weighted by Gasteiger charge is -2.18. The number of rotatable bonds is 5.